The molecule has 0 saturated carbocycles. The molecule has 1 saturated heterocycles. The van der Waals surface area contributed by atoms with Gasteiger partial charge in [-0.3, -0.25) is 4.98 Å². The molecule has 1 aliphatic heterocycles. The summed E-state index contributed by atoms with van der Waals surface area (Å²) in [5, 5.41) is 11.5. The van der Waals surface area contributed by atoms with Crippen LogP contribution in [0.2, 0.25) is 0 Å². The van der Waals surface area contributed by atoms with E-state index < -0.39 is 11.6 Å². The van der Waals surface area contributed by atoms with E-state index in [9.17, 15) is 9.59 Å². The lowest BCUT2D eigenvalue weighted by atomic mass is 9.97. The second-order valence-corrected chi connectivity index (χ2v) is 5.45. The summed E-state index contributed by atoms with van der Waals surface area (Å²) in [4.78, 5) is 28.1. The fourth-order valence-corrected chi connectivity index (χ4v) is 2.22. The van der Waals surface area contributed by atoms with Crippen molar-refractivity contribution in [1.29, 1.82) is 0 Å². The fourth-order valence-electron chi connectivity index (χ4n) is 2.22. The van der Waals surface area contributed by atoms with Gasteiger partial charge in [0.15, 0.2) is 0 Å². The maximum absolute atomic E-state index is 12.1. The molecule has 2 amide bonds. The largest absolute Gasteiger partial charge is 0.480 e. The molecule has 2 heterocycles. The number of ether oxygens (including phenoxy) is 1. The number of aromatic nitrogens is 1. The molecule has 0 radical (unpaired) electrons. The van der Waals surface area contributed by atoms with Crippen molar-refractivity contribution in [2.24, 2.45) is 0 Å². The smallest absolute Gasteiger partial charge is 0.329 e. The van der Waals surface area contributed by atoms with E-state index in [1.54, 1.807) is 24.2 Å². The van der Waals surface area contributed by atoms with E-state index in [2.05, 4.69) is 10.3 Å². The summed E-state index contributed by atoms with van der Waals surface area (Å²) in [6, 6.07) is 3.38. The third-order valence-corrected chi connectivity index (χ3v) is 3.41. The predicted octanol–water partition coefficient (Wildman–Crippen LogP) is 1.03. The van der Waals surface area contributed by atoms with Crippen LogP contribution in [0.15, 0.2) is 24.5 Å². The number of amides is 2. The predicted molar refractivity (Wildman–Crippen MR) is 74.7 cm³/mol. The topological polar surface area (TPSA) is 91.8 Å². The maximum atomic E-state index is 12.1. The lowest BCUT2D eigenvalue weighted by Crippen LogP contribution is -2.65. The monoisotopic (exact) mass is 293 g/mol. The second-order valence-electron chi connectivity index (χ2n) is 5.45. The average Bonchev–Trinajstić information content (AvgIpc) is 2.43. The number of hydrogen-bond donors (Lipinski definition) is 2. The first-order valence-electron chi connectivity index (χ1n) is 6.71. The normalized spacial score (nSPS) is 17.7. The van der Waals surface area contributed by atoms with Crippen molar-refractivity contribution >= 4 is 12.0 Å². The highest BCUT2D eigenvalue weighted by molar-refractivity contribution is 5.76. The fraction of sp³-hybridized carbons (Fsp3) is 0.500. The highest BCUT2D eigenvalue weighted by atomic mass is 16.5. The van der Waals surface area contributed by atoms with Crippen molar-refractivity contribution < 1.29 is 19.4 Å². The molecular formula is C14H19N3O4. The van der Waals surface area contributed by atoms with Crippen LogP contribution < -0.4 is 5.32 Å². The number of carboxylic acid groups (broad SMARTS) is 1. The Morgan fingerprint density at radius 2 is 2.29 bits per heavy atom. The van der Waals surface area contributed by atoms with Gasteiger partial charge in [0.25, 0.3) is 0 Å². The number of pyridine rings is 1. The average molecular weight is 293 g/mol. The number of aliphatic carboxylic acids is 1. The zero-order chi connectivity index (χ0) is 15.5. The molecule has 7 nitrogen and oxygen atoms in total. The summed E-state index contributed by atoms with van der Waals surface area (Å²) in [6.45, 7) is 4.09. The molecule has 0 aliphatic carbocycles. The molecule has 21 heavy (non-hydrogen) atoms. The first-order valence-corrected chi connectivity index (χ1v) is 6.71. The van der Waals surface area contributed by atoms with Crippen molar-refractivity contribution in [3.8, 4) is 0 Å². The Balaban J connectivity index is 1.80. The Bertz CT molecular complexity index is 514. The quantitative estimate of drug-likeness (QED) is 0.846. The lowest BCUT2D eigenvalue weighted by molar-refractivity contribution is -0.159. The zero-order valence-electron chi connectivity index (χ0n) is 12.1. The Hall–Kier alpha value is -2.15. The molecule has 2 rings (SSSR count). The number of carboxylic acids is 1. The minimum Gasteiger partial charge on any atom is -0.480 e. The number of urea groups is 1. The van der Waals surface area contributed by atoms with Crippen molar-refractivity contribution in [2.45, 2.75) is 25.5 Å². The van der Waals surface area contributed by atoms with Crippen molar-refractivity contribution in [3.05, 3.63) is 30.1 Å². The number of carbonyl (C=O) groups excluding carboxylic acids is 1. The second kappa shape index (κ2) is 6.09. The van der Waals surface area contributed by atoms with Crippen LogP contribution in [0.1, 0.15) is 25.5 Å². The summed E-state index contributed by atoms with van der Waals surface area (Å²) in [6.07, 6.45) is 3.39. The molecule has 0 bridgehead atoms. The third-order valence-electron chi connectivity index (χ3n) is 3.41. The van der Waals surface area contributed by atoms with Crippen LogP contribution in [0, 0.1) is 0 Å². The Labute approximate surface area is 122 Å². The molecule has 2 N–H and O–H groups in total. The van der Waals surface area contributed by atoms with Crippen LogP contribution in [0.5, 0.6) is 0 Å². The lowest BCUT2D eigenvalue weighted by Gasteiger charge is -2.47. The van der Waals surface area contributed by atoms with Gasteiger partial charge in [0.05, 0.1) is 19.1 Å². The summed E-state index contributed by atoms with van der Waals surface area (Å²) in [5.41, 5.74) is 0.351. The molecule has 0 aromatic carbocycles. The molecule has 114 valence electrons. The first-order chi connectivity index (χ1) is 9.89. The van der Waals surface area contributed by atoms with Gasteiger partial charge in [0.1, 0.15) is 12.2 Å². The number of nitrogens with one attached hydrogen (secondary N) is 1. The van der Waals surface area contributed by atoms with Gasteiger partial charge >= 0.3 is 12.0 Å². The standard InChI is InChI=1S/C14H19N3O4/c1-10(11-4-3-5-15-6-11)16-13(20)17-8-14(2,9-17)21-7-12(18)19/h3-6,10H,7-9H2,1-2H3,(H,16,20)(H,18,19). The molecule has 1 atom stereocenters. The van der Waals surface area contributed by atoms with Crippen LogP contribution in [0.4, 0.5) is 4.79 Å². The van der Waals surface area contributed by atoms with E-state index in [1.165, 1.54) is 0 Å². The maximum Gasteiger partial charge on any atom is 0.329 e. The summed E-state index contributed by atoms with van der Waals surface area (Å²) < 4.78 is 5.27. The number of hydrogen-bond acceptors (Lipinski definition) is 4. The number of nitrogens with zero attached hydrogens (tertiary/aromatic N) is 2. The molecule has 1 fully saturated rings. The number of likely N-dealkylation sites (tertiary alicyclic amines) is 1. The van der Waals surface area contributed by atoms with Crippen molar-refractivity contribution in [3.63, 3.8) is 0 Å². The Morgan fingerprint density at radius 1 is 1.57 bits per heavy atom. The van der Waals surface area contributed by atoms with E-state index in [0.29, 0.717) is 13.1 Å². The molecule has 1 aromatic rings. The van der Waals surface area contributed by atoms with Gasteiger partial charge < -0.3 is 20.1 Å². The zero-order valence-corrected chi connectivity index (χ0v) is 12.1. The van der Waals surface area contributed by atoms with E-state index in [0.717, 1.165) is 5.56 Å². The molecule has 1 aliphatic rings. The summed E-state index contributed by atoms with van der Waals surface area (Å²) in [7, 11) is 0. The highest BCUT2D eigenvalue weighted by Gasteiger charge is 2.43. The van der Waals surface area contributed by atoms with Crippen LogP contribution >= 0.6 is 0 Å². The van der Waals surface area contributed by atoms with Gasteiger partial charge in [0.2, 0.25) is 0 Å². The molecule has 0 spiro atoms. The third kappa shape index (κ3) is 3.91. The summed E-state index contributed by atoms with van der Waals surface area (Å²) >= 11 is 0. The van der Waals surface area contributed by atoms with E-state index in [-0.39, 0.29) is 18.7 Å². The first kappa shape index (κ1) is 15.2. The van der Waals surface area contributed by atoms with Gasteiger partial charge in [-0.05, 0) is 25.5 Å². The van der Waals surface area contributed by atoms with Crippen molar-refractivity contribution in [2.75, 3.05) is 19.7 Å². The minimum atomic E-state index is -1.01. The Kier molecular flexibility index (Phi) is 4.42. The van der Waals surface area contributed by atoms with Crippen LogP contribution in [-0.2, 0) is 9.53 Å². The van der Waals surface area contributed by atoms with Gasteiger partial charge in [-0.15, -0.1) is 0 Å². The minimum absolute atomic E-state index is 0.141. The molecule has 7 heteroatoms. The van der Waals surface area contributed by atoms with Gasteiger partial charge in [-0.2, -0.15) is 0 Å². The molecular weight excluding hydrogens is 274 g/mol. The Morgan fingerprint density at radius 3 is 2.86 bits per heavy atom. The number of rotatable bonds is 5. The SMILES string of the molecule is CC(NC(=O)N1CC(C)(OCC(=O)O)C1)c1cccnc1. The van der Waals surface area contributed by atoms with Gasteiger partial charge in [-0.25, -0.2) is 9.59 Å². The van der Waals surface area contributed by atoms with Crippen LogP contribution in [-0.4, -0.2) is 52.3 Å². The van der Waals surface area contributed by atoms with E-state index >= 15 is 0 Å². The molecule has 1 unspecified atom stereocenters. The van der Waals surface area contributed by atoms with Crippen molar-refractivity contribution in [1.82, 2.24) is 15.2 Å². The van der Waals surface area contributed by atoms with Gasteiger partial charge in [0, 0.05) is 12.4 Å². The van der Waals surface area contributed by atoms with Crippen LogP contribution in [0.25, 0.3) is 0 Å². The van der Waals surface area contributed by atoms with E-state index in [1.807, 2.05) is 19.1 Å². The highest BCUT2D eigenvalue weighted by Crippen LogP contribution is 2.25. The number of carbonyl (C=O) groups is 2. The van der Waals surface area contributed by atoms with E-state index in [4.69, 9.17) is 9.84 Å². The van der Waals surface area contributed by atoms with Gasteiger partial charge in [-0.1, -0.05) is 6.07 Å². The van der Waals surface area contributed by atoms with Crippen LogP contribution in [0.3, 0.4) is 0 Å². The molecule has 1 aromatic heterocycles. The summed E-state index contributed by atoms with van der Waals surface area (Å²) in [5.74, 6) is -1.01.